The Labute approximate surface area is 90.8 Å². The van der Waals surface area contributed by atoms with Crippen molar-refractivity contribution in [3.05, 3.63) is 21.3 Å². The number of hydrogen-bond acceptors (Lipinski definition) is 3. The van der Waals surface area contributed by atoms with Crippen molar-refractivity contribution in [3.63, 3.8) is 0 Å². The molecule has 0 aliphatic heterocycles. The van der Waals surface area contributed by atoms with Crippen LogP contribution in [0.2, 0.25) is 0 Å². The van der Waals surface area contributed by atoms with E-state index in [1.165, 1.54) is 0 Å². The van der Waals surface area contributed by atoms with Crippen LogP contribution in [0.25, 0.3) is 0 Å². The lowest BCUT2D eigenvalue weighted by atomic mass is 10.2. The third kappa shape index (κ3) is 2.25. The van der Waals surface area contributed by atoms with E-state index >= 15 is 0 Å². The number of ether oxygens (including phenoxy) is 2. The number of benzene rings is 1. The second-order valence-electron chi connectivity index (χ2n) is 2.46. The molecule has 4 heteroatoms. The van der Waals surface area contributed by atoms with E-state index in [1.54, 1.807) is 20.3 Å². The maximum Gasteiger partial charge on any atom is 0.137 e. The molecular weight excluding hydrogens is 283 g/mol. The third-order valence-corrected chi connectivity index (χ3v) is 2.51. The smallest absolute Gasteiger partial charge is 0.137 e. The van der Waals surface area contributed by atoms with Gasteiger partial charge in [-0.3, -0.25) is 0 Å². The lowest BCUT2D eigenvalue weighted by Gasteiger charge is -2.10. The molecule has 0 radical (unpaired) electrons. The number of methoxy groups -OCH3 is 2. The lowest BCUT2D eigenvalue weighted by molar-refractivity contribution is 0.272. The Morgan fingerprint density at radius 2 is 2.00 bits per heavy atom. The van der Waals surface area contributed by atoms with E-state index in [1.807, 2.05) is 6.07 Å². The van der Waals surface area contributed by atoms with Crippen LogP contribution in [-0.2, 0) is 6.61 Å². The zero-order valence-corrected chi connectivity index (χ0v) is 9.66. The summed E-state index contributed by atoms with van der Waals surface area (Å²) in [7, 11) is 3.18. The Bertz CT molecular complexity index is 299. The first-order valence-electron chi connectivity index (χ1n) is 3.74. The first-order valence-corrected chi connectivity index (χ1v) is 4.82. The second kappa shape index (κ2) is 4.66. The number of aliphatic hydroxyl groups excluding tert-OH is 1. The highest BCUT2D eigenvalue weighted by atomic mass is 127. The lowest BCUT2D eigenvalue weighted by Crippen LogP contribution is -1.96. The summed E-state index contributed by atoms with van der Waals surface area (Å²) in [6.07, 6.45) is 0. The molecule has 0 fully saturated rings. The van der Waals surface area contributed by atoms with Crippen LogP contribution in [0, 0.1) is 3.57 Å². The van der Waals surface area contributed by atoms with E-state index in [0.29, 0.717) is 5.75 Å². The fourth-order valence-corrected chi connectivity index (χ4v) is 1.96. The predicted molar refractivity (Wildman–Crippen MR) is 58.2 cm³/mol. The Morgan fingerprint density at radius 3 is 2.46 bits per heavy atom. The minimum Gasteiger partial charge on any atom is -0.497 e. The SMILES string of the molecule is COc1cc(I)c(OC)c(CO)c1. The van der Waals surface area contributed by atoms with Crippen LogP contribution in [-0.4, -0.2) is 19.3 Å². The van der Waals surface area contributed by atoms with Gasteiger partial charge >= 0.3 is 0 Å². The average Bonchev–Trinajstić information content (AvgIpc) is 2.16. The molecule has 3 nitrogen and oxygen atoms in total. The highest BCUT2D eigenvalue weighted by Gasteiger charge is 2.08. The molecule has 1 aromatic rings. The van der Waals surface area contributed by atoms with Gasteiger partial charge in [0.1, 0.15) is 11.5 Å². The number of hydrogen-bond donors (Lipinski definition) is 1. The summed E-state index contributed by atoms with van der Waals surface area (Å²) < 4.78 is 11.1. The highest BCUT2D eigenvalue weighted by molar-refractivity contribution is 14.1. The van der Waals surface area contributed by atoms with Crippen LogP contribution in [0.4, 0.5) is 0 Å². The molecule has 0 saturated heterocycles. The Morgan fingerprint density at radius 1 is 1.31 bits per heavy atom. The van der Waals surface area contributed by atoms with Gasteiger partial charge in [0.25, 0.3) is 0 Å². The molecule has 0 heterocycles. The van der Waals surface area contributed by atoms with Gasteiger partial charge < -0.3 is 14.6 Å². The molecule has 0 aromatic heterocycles. The molecule has 0 saturated carbocycles. The summed E-state index contributed by atoms with van der Waals surface area (Å²) in [4.78, 5) is 0. The quantitative estimate of drug-likeness (QED) is 0.864. The summed E-state index contributed by atoms with van der Waals surface area (Å²) in [6, 6.07) is 3.62. The molecule has 72 valence electrons. The second-order valence-corrected chi connectivity index (χ2v) is 3.62. The van der Waals surface area contributed by atoms with E-state index in [-0.39, 0.29) is 6.61 Å². The van der Waals surface area contributed by atoms with Gasteiger partial charge in [-0.05, 0) is 34.7 Å². The fourth-order valence-electron chi connectivity index (χ4n) is 1.09. The highest BCUT2D eigenvalue weighted by Crippen LogP contribution is 2.30. The fraction of sp³-hybridized carbons (Fsp3) is 0.333. The van der Waals surface area contributed by atoms with E-state index in [0.717, 1.165) is 14.9 Å². The topological polar surface area (TPSA) is 38.7 Å². The van der Waals surface area contributed by atoms with E-state index in [4.69, 9.17) is 14.6 Å². The first kappa shape index (κ1) is 10.6. The summed E-state index contributed by atoms with van der Waals surface area (Å²) in [5.41, 5.74) is 0.742. The molecule has 0 bridgehead atoms. The van der Waals surface area contributed by atoms with Gasteiger partial charge in [0.15, 0.2) is 0 Å². The number of halogens is 1. The van der Waals surface area contributed by atoms with Crippen molar-refractivity contribution in [1.29, 1.82) is 0 Å². The van der Waals surface area contributed by atoms with Crippen LogP contribution in [0.1, 0.15) is 5.56 Å². The molecule has 0 amide bonds. The molecule has 1 N–H and O–H groups in total. The maximum atomic E-state index is 9.06. The molecule has 0 unspecified atom stereocenters. The number of aliphatic hydroxyl groups is 1. The van der Waals surface area contributed by atoms with Gasteiger partial charge in [-0.2, -0.15) is 0 Å². The Balaban J connectivity index is 3.20. The van der Waals surface area contributed by atoms with Gasteiger partial charge in [-0.15, -0.1) is 0 Å². The maximum absolute atomic E-state index is 9.06. The van der Waals surface area contributed by atoms with Crippen LogP contribution in [0.3, 0.4) is 0 Å². The molecule has 0 aliphatic carbocycles. The molecule has 0 atom stereocenters. The normalized spacial score (nSPS) is 9.85. The summed E-state index contributed by atoms with van der Waals surface area (Å²) in [5, 5.41) is 9.06. The molecule has 0 aliphatic rings. The van der Waals surface area contributed by atoms with Crippen molar-refractivity contribution >= 4 is 22.6 Å². The molecule has 1 rings (SSSR count). The van der Waals surface area contributed by atoms with E-state index < -0.39 is 0 Å². The minimum atomic E-state index is -0.0453. The molecule has 13 heavy (non-hydrogen) atoms. The van der Waals surface area contributed by atoms with Crippen molar-refractivity contribution in [3.8, 4) is 11.5 Å². The number of rotatable bonds is 3. The van der Waals surface area contributed by atoms with Crippen LogP contribution in [0.5, 0.6) is 11.5 Å². The monoisotopic (exact) mass is 294 g/mol. The van der Waals surface area contributed by atoms with Crippen molar-refractivity contribution in [2.75, 3.05) is 14.2 Å². The zero-order chi connectivity index (χ0) is 9.84. The predicted octanol–water partition coefficient (Wildman–Crippen LogP) is 1.80. The minimum absolute atomic E-state index is 0.0453. The van der Waals surface area contributed by atoms with E-state index in [9.17, 15) is 0 Å². The largest absolute Gasteiger partial charge is 0.497 e. The van der Waals surface area contributed by atoms with Crippen molar-refractivity contribution in [1.82, 2.24) is 0 Å². The first-order chi connectivity index (χ1) is 6.22. The molecular formula is C9H11IO3. The van der Waals surface area contributed by atoms with Gasteiger partial charge in [-0.1, -0.05) is 0 Å². The van der Waals surface area contributed by atoms with E-state index in [2.05, 4.69) is 22.6 Å². The summed E-state index contributed by atoms with van der Waals surface area (Å²) in [6.45, 7) is -0.0453. The summed E-state index contributed by atoms with van der Waals surface area (Å²) in [5.74, 6) is 1.44. The summed E-state index contributed by atoms with van der Waals surface area (Å²) >= 11 is 2.14. The average molecular weight is 294 g/mol. The zero-order valence-electron chi connectivity index (χ0n) is 7.50. The van der Waals surface area contributed by atoms with Gasteiger partial charge in [-0.25, -0.2) is 0 Å². The molecule has 0 spiro atoms. The third-order valence-electron chi connectivity index (χ3n) is 1.70. The van der Waals surface area contributed by atoms with Crippen LogP contribution >= 0.6 is 22.6 Å². The van der Waals surface area contributed by atoms with Gasteiger partial charge in [0.2, 0.25) is 0 Å². The van der Waals surface area contributed by atoms with Crippen LogP contribution < -0.4 is 9.47 Å². The van der Waals surface area contributed by atoms with Crippen molar-refractivity contribution in [2.45, 2.75) is 6.61 Å². The Hall–Kier alpha value is -0.490. The standard InChI is InChI=1S/C9H11IO3/c1-12-7-3-6(5-11)9(13-2)8(10)4-7/h3-4,11H,5H2,1-2H3. The van der Waals surface area contributed by atoms with Gasteiger partial charge in [0.05, 0.1) is 24.4 Å². The van der Waals surface area contributed by atoms with Crippen molar-refractivity contribution < 1.29 is 14.6 Å². The van der Waals surface area contributed by atoms with Crippen molar-refractivity contribution in [2.24, 2.45) is 0 Å². The van der Waals surface area contributed by atoms with Crippen LogP contribution in [0.15, 0.2) is 12.1 Å². The van der Waals surface area contributed by atoms with Gasteiger partial charge in [0, 0.05) is 5.56 Å². The Kier molecular flexibility index (Phi) is 3.80. The molecule has 1 aromatic carbocycles.